The fourth-order valence-corrected chi connectivity index (χ4v) is 7.22. The molecule has 0 radical (unpaired) electrons. The van der Waals surface area contributed by atoms with Crippen molar-refractivity contribution in [1.29, 1.82) is 0 Å². The Labute approximate surface area is 289 Å². The monoisotopic (exact) mass is 864 g/mol. The number of aliphatic imine (C=N–C) groups is 2. The van der Waals surface area contributed by atoms with Crippen molar-refractivity contribution >= 4 is 88.1 Å². The predicted molar refractivity (Wildman–Crippen MR) is 183 cm³/mol. The molecule has 0 fully saturated rings. The van der Waals surface area contributed by atoms with Gasteiger partial charge in [-0.3, -0.25) is 9.98 Å². The van der Waals surface area contributed by atoms with E-state index in [4.69, 9.17) is 9.47 Å². The topological polar surface area (TPSA) is 158 Å². The van der Waals surface area contributed by atoms with Gasteiger partial charge >= 0.3 is 11.9 Å². The molecule has 44 heavy (non-hydrogen) atoms. The number of benzene rings is 2. The number of carboxylic acid groups (broad SMARTS) is 2. The number of halogens is 4. The van der Waals surface area contributed by atoms with Gasteiger partial charge in [0.25, 0.3) is 0 Å². The van der Waals surface area contributed by atoms with Crippen molar-refractivity contribution in [1.82, 2.24) is 0 Å². The van der Waals surface area contributed by atoms with Crippen LogP contribution in [0.3, 0.4) is 0 Å². The van der Waals surface area contributed by atoms with Gasteiger partial charge in [-0.15, -0.1) is 0 Å². The van der Waals surface area contributed by atoms with E-state index in [9.17, 15) is 30.0 Å². The Hall–Kier alpha value is -2.36. The second kappa shape index (κ2) is 18.0. The van der Waals surface area contributed by atoms with E-state index >= 15 is 0 Å². The highest BCUT2D eigenvalue weighted by Gasteiger charge is 2.35. The van der Waals surface area contributed by atoms with Crippen LogP contribution in [0.15, 0.2) is 75.7 Å². The van der Waals surface area contributed by atoms with Crippen molar-refractivity contribution in [2.75, 3.05) is 26.4 Å². The maximum atomic E-state index is 12.1. The van der Waals surface area contributed by atoms with Gasteiger partial charge in [-0.1, -0.05) is 6.92 Å². The predicted octanol–water partition coefficient (Wildman–Crippen LogP) is 6.91. The molecular formula is C30H32Br4N2O8. The third-order valence-electron chi connectivity index (χ3n) is 6.31. The van der Waals surface area contributed by atoms with Crippen LogP contribution in [0.5, 0.6) is 11.5 Å². The van der Waals surface area contributed by atoms with E-state index < -0.39 is 23.3 Å². The van der Waals surface area contributed by atoms with E-state index in [0.29, 0.717) is 29.4 Å². The first-order valence-corrected chi connectivity index (χ1v) is 16.3. The molecule has 0 unspecified atom stereocenters. The van der Waals surface area contributed by atoms with Crippen molar-refractivity contribution in [2.24, 2.45) is 15.9 Å². The molecule has 0 atom stereocenters. The first-order valence-electron chi connectivity index (χ1n) is 13.2. The lowest BCUT2D eigenvalue weighted by Crippen LogP contribution is -2.27. The van der Waals surface area contributed by atoms with Crippen LogP contribution in [0.1, 0.15) is 38.3 Å². The summed E-state index contributed by atoms with van der Waals surface area (Å²) < 4.78 is 13.8. The van der Waals surface area contributed by atoms with Crippen molar-refractivity contribution in [3.8, 4) is 11.5 Å². The second-order valence-electron chi connectivity index (χ2n) is 9.37. The third-order valence-corrected chi connectivity index (χ3v) is 8.66. The number of hydrogen-bond donors (Lipinski definition) is 4. The average Bonchev–Trinajstić information content (AvgIpc) is 2.95. The normalized spacial score (nSPS) is 13.5. The van der Waals surface area contributed by atoms with Crippen LogP contribution >= 0.6 is 63.7 Å². The number of nitrogens with zero attached hydrogens (tertiary/aromatic N) is 2. The number of aliphatic carboxylic acids is 2. The number of ether oxygens (including phenoxy) is 2. The Morgan fingerprint density at radius 1 is 0.773 bits per heavy atom. The zero-order valence-electron chi connectivity index (χ0n) is 24.1. The Balaban J connectivity index is 2.95. The molecule has 4 N–H and O–H groups in total. The van der Waals surface area contributed by atoms with E-state index in [1.807, 2.05) is 31.2 Å². The largest absolute Gasteiger partial charge is 0.489 e. The van der Waals surface area contributed by atoms with Crippen LogP contribution < -0.4 is 9.47 Å². The van der Waals surface area contributed by atoms with Crippen molar-refractivity contribution in [3.63, 3.8) is 0 Å². The molecule has 2 aromatic carbocycles. The molecule has 238 valence electrons. The average molecular weight is 868 g/mol. The summed E-state index contributed by atoms with van der Waals surface area (Å²) in [6.45, 7) is 4.91. The lowest BCUT2D eigenvalue weighted by molar-refractivity contribution is -0.133. The number of carbonyl (C=O) groups is 2. The lowest BCUT2D eigenvalue weighted by atomic mass is 9.70. The highest BCUT2D eigenvalue weighted by molar-refractivity contribution is 9.11. The number of allylic oxidation sites excluding steroid dienone is 2. The Kier molecular flexibility index (Phi) is 15.4. The third kappa shape index (κ3) is 10.1. The zero-order valence-corrected chi connectivity index (χ0v) is 30.4. The summed E-state index contributed by atoms with van der Waals surface area (Å²) in [5.41, 5.74) is 0.0821. The van der Waals surface area contributed by atoms with Gasteiger partial charge < -0.3 is 29.9 Å². The minimum absolute atomic E-state index is 0.0759. The summed E-state index contributed by atoms with van der Waals surface area (Å²) in [4.78, 5) is 32.1. The van der Waals surface area contributed by atoms with Gasteiger partial charge in [0.15, 0.2) is 0 Å². The van der Waals surface area contributed by atoms with E-state index in [1.165, 1.54) is 24.6 Å². The molecule has 14 heteroatoms. The Morgan fingerprint density at radius 3 is 1.39 bits per heavy atom. The maximum Gasteiger partial charge on any atom is 0.354 e. The zero-order chi connectivity index (χ0) is 33.0. The molecule has 0 saturated carbocycles. The van der Waals surface area contributed by atoms with Crippen molar-refractivity contribution in [2.45, 2.75) is 32.6 Å². The molecule has 0 amide bonds. The molecule has 0 heterocycles. The molecule has 0 bridgehead atoms. The quantitative estimate of drug-likeness (QED) is 0.105. The van der Waals surface area contributed by atoms with Crippen LogP contribution in [0.25, 0.3) is 0 Å². The Bertz CT molecular complexity index is 1320. The molecule has 0 saturated heterocycles. The summed E-state index contributed by atoms with van der Waals surface area (Å²) in [5, 5.41) is 38.2. The molecule has 2 rings (SSSR count). The van der Waals surface area contributed by atoms with Gasteiger partial charge in [0.05, 0.1) is 31.1 Å². The fraction of sp³-hybridized carbons (Fsp3) is 0.333. The summed E-state index contributed by atoms with van der Waals surface area (Å²) in [7, 11) is 0. The van der Waals surface area contributed by atoms with Crippen LogP contribution in [-0.4, -0.2) is 71.2 Å². The SMILES string of the molecule is CC=NC(=CC(C=C(N=CC)C(=O)O)CC(C)(c1cc(Br)c(OCCO)c(Br)c1)c1cc(Br)c(OCCO)c(Br)c1)C(=O)O. The van der Waals surface area contributed by atoms with Gasteiger partial charge in [-0.2, -0.15) is 0 Å². The van der Waals surface area contributed by atoms with Crippen LogP contribution in [0.4, 0.5) is 0 Å². The van der Waals surface area contributed by atoms with Gasteiger partial charge in [-0.05, 0) is 132 Å². The molecule has 0 spiro atoms. The molecule has 2 aromatic rings. The van der Waals surface area contributed by atoms with Gasteiger partial charge in [0.2, 0.25) is 0 Å². The minimum atomic E-state index is -1.27. The molecule has 0 aliphatic rings. The van der Waals surface area contributed by atoms with Crippen molar-refractivity contribution in [3.05, 3.63) is 76.8 Å². The smallest absolute Gasteiger partial charge is 0.354 e. The standard InChI is InChI=1S/C30H32Br4N2O8/c1-4-35-24(28(39)40)10-17(11-25(29(41)42)36-5-2)16-30(3,18-12-20(31)26(21(32)13-18)43-8-6-37)19-14-22(33)27(23(34)15-19)44-9-7-38/h4-5,10-15,17,37-38H,6-9,16H2,1-3H3,(H,39,40)(H,41,42). The van der Waals surface area contributed by atoms with E-state index in [0.717, 1.165) is 11.1 Å². The van der Waals surface area contributed by atoms with E-state index in [-0.39, 0.29) is 44.2 Å². The van der Waals surface area contributed by atoms with Crippen LogP contribution in [0, 0.1) is 5.92 Å². The number of aliphatic hydroxyl groups excluding tert-OH is 2. The molecule has 0 aliphatic heterocycles. The highest BCUT2D eigenvalue weighted by Crippen LogP contribution is 2.47. The fourth-order valence-electron chi connectivity index (χ4n) is 4.39. The first-order chi connectivity index (χ1) is 20.8. The Morgan fingerprint density at radius 2 is 1.11 bits per heavy atom. The molecule has 0 aromatic heterocycles. The number of hydrogen-bond acceptors (Lipinski definition) is 8. The number of carboxylic acids is 2. The molecule has 10 nitrogen and oxygen atoms in total. The van der Waals surface area contributed by atoms with Crippen LogP contribution in [0.2, 0.25) is 0 Å². The van der Waals surface area contributed by atoms with Gasteiger partial charge in [0, 0.05) is 23.8 Å². The summed E-state index contributed by atoms with van der Waals surface area (Å²) in [6.07, 6.45) is 5.67. The molecular weight excluding hydrogens is 836 g/mol. The number of aliphatic hydroxyl groups is 2. The van der Waals surface area contributed by atoms with E-state index in [1.54, 1.807) is 13.8 Å². The lowest BCUT2D eigenvalue weighted by Gasteiger charge is -2.35. The second-order valence-corrected chi connectivity index (χ2v) is 12.8. The minimum Gasteiger partial charge on any atom is -0.489 e. The summed E-state index contributed by atoms with van der Waals surface area (Å²) >= 11 is 14.3. The van der Waals surface area contributed by atoms with Gasteiger partial charge in [0.1, 0.15) is 36.1 Å². The summed E-state index contributed by atoms with van der Waals surface area (Å²) in [6, 6.07) is 7.41. The van der Waals surface area contributed by atoms with Crippen LogP contribution in [-0.2, 0) is 15.0 Å². The number of rotatable bonds is 16. The highest BCUT2D eigenvalue weighted by atomic mass is 79.9. The van der Waals surface area contributed by atoms with Crippen molar-refractivity contribution < 1.29 is 39.5 Å². The first kappa shape index (κ1) is 37.8. The summed E-state index contributed by atoms with van der Waals surface area (Å²) in [5.74, 6) is -2.37. The molecule has 0 aliphatic carbocycles. The van der Waals surface area contributed by atoms with Gasteiger partial charge in [-0.25, -0.2) is 9.59 Å². The maximum absolute atomic E-state index is 12.1. The van der Waals surface area contributed by atoms with E-state index in [2.05, 4.69) is 73.7 Å².